The SMILES string of the molecule is N#CCCNC(=O)C(Cc1ccc(O)cc1)NC(=O)CCc1c[nH]c2ccccc12. The summed E-state index contributed by atoms with van der Waals surface area (Å²) in [6, 6.07) is 15.6. The molecule has 0 aliphatic rings. The van der Waals surface area contributed by atoms with Gasteiger partial charge in [0.1, 0.15) is 11.8 Å². The Morgan fingerprint density at radius 3 is 2.67 bits per heavy atom. The van der Waals surface area contributed by atoms with Crippen LogP contribution in [0.5, 0.6) is 5.75 Å². The summed E-state index contributed by atoms with van der Waals surface area (Å²) in [5.74, 6) is -0.421. The first-order valence-corrected chi connectivity index (χ1v) is 9.83. The normalized spacial score (nSPS) is 11.6. The van der Waals surface area contributed by atoms with Crippen molar-refractivity contribution in [1.82, 2.24) is 15.6 Å². The molecule has 7 heteroatoms. The Bertz CT molecular complexity index is 1050. The Morgan fingerprint density at radius 1 is 1.13 bits per heavy atom. The highest BCUT2D eigenvalue weighted by Gasteiger charge is 2.21. The number of para-hydroxylation sites is 1. The van der Waals surface area contributed by atoms with Crippen LogP contribution in [0.2, 0.25) is 0 Å². The molecular weight excluding hydrogens is 380 g/mol. The third-order valence-corrected chi connectivity index (χ3v) is 4.86. The van der Waals surface area contributed by atoms with Crippen molar-refractivity contribution in [2.75, 3.05) is 6.54 Å². The number of hydrogen-bond acceptors (Lipinski definition) is 4. The number of phenols is 1. The van der Waals surface area contributed by atoms with Crippen LogP contribution in [0.3, 0.4) is 0 Å². The van der Waals surface area contributed by atoms with Gasteiger partial charge < -0.3 is 20.7 Å². The highest BCUT2D eigenvalue weighted by Crippen LogP contribution is 2.19. The van der Waals surface area contributed by atoms with E-state index < -0.39 is 6.04 Å². The summed E-state index contributed by atoms with van der Waals surface area (Å²) in [7, 11) is 0. The van der Waals surface area contributed by atoms with Crippen LogP contribution in [-0.2, 0) is 22.4 Å². The third-order valence-electron chi connectivity index (χ3n) is 4.86. The van der Waals surface area contributed by atoms with Crippen LogP contribution in [0.4, 0.5) is 0 Å². The number of nitriles is 1. The first-order chi connectivity index (χ1) is 14.6. The maximum Gasteiger partial charge on any atom is 0.242 e. The van der Waals surface area contributed by atoms with E-state index in [9.17, 15) is 14.7 Å². The fourth-order valence-electron chi connectivity index (χ4n) is 3.29. The monoisotopic (exact) mass is 404 g/mol. The van der Waals surface area contributed by atoms with Gasteiger partial charge in [-0.15, -0.1) is 0 Å². The second kappa shape index (κ2) is 10.1. The Hall–Kier alpha value is -3.79. The van der Waals surface area contributed by atoms with Gasteiger partial charge in [0.2, 0.25) is 11.8 Å². The van der Waals surface area contributed by atoms with Gasteiger partial charge in [0.05, 0.1) is 12.5 Å². The fourth-order valence-corrected chi connectivity index (χ4v) is 3.29. The predicted octanol–water partition coefficient (Wildman–Crippen LogP) is 2.56. The molecule has 0 saturated heterocycles. The van der Waals surface area contributed by atoms with Gasteiger partial charge in [-0.25, -0.2) is 0 Å². The number of aromatic hydroxyl groups is 1. The molecule has 2 amide bonds. The van der Waals surface area contributed by atoms with Crippen molar-refractivity contribution >= 4 is 22.7 Å². The summed E-state index contributed by atoms with van der Waals surface area (Å²) in [6.45, 7) is 0.229. The van der Waals surface area contributed by atoms with Crippen molar-refractivity contribution in [1.29, 1.82) is 5.26 Å². The van der Waals surface area contributed by atoms with Gasteiger partial charge >= 0.3 is 0 Å². The molecule has 3 aromatic rings. The number of aromatic nitrogens is 1. The van der Waals surface area contributed by atoms with Crippen molar-refractivity contribution in [3.63, 3.8) is 0 Å². The molecule has 0 bridgehead atoms. The third kappa shape index (κ3) is 5.61. The standard InChI is InChI=1S/C23H24N4O3/c24-12-3-13-25-23(30)21(14-16-6-9-18(28)10-7-16)27-22(29)11-8-17-15-26-20-5-2-1-4-19(17)20/h1-2,4-7,9-10,15,21,26,28H,3,8,11,13-14H2,(H,25,30)(H,27,29). The highest BCUT2D eigenvalue weighted by atomic mass is 16.3. The van der Waals surface area contributed by atoms with E-state index in [-0.39, 0.29) is 43.4 Å². The van der Waals surface area contributed by atoms with Crippen LogP contribution in [-0.4, -0.2) is 34.5 Å². The first-order valence-electron chi connectivity index (χ1n) is 9.83. The topological polar surface area (TPSA) is 118 Å². The van der Waals surface area contributed by atoms with E-state index in [0.29, 0.717) is 6.42 Å². The number of fused-ring (bicyclic) bond motifs is 1. The fraction of sp³-hybridized carbons (Fsp3) is 0.261. The average molecular weight is 404 g/mol. The maximum atomic E-state index is 12.6. The quantitative estimate of drug-likeness (QED) is 0.410. The van der Waals surface area contributed by atoms with Crippen molar-refractivity contribution in [3.05, 3.63) is 65.9 Å². The number of carbonyl (C=O) groups excluding carboxylic acids is 2. The number of hydrogen-bond donors (Lipinski definition) is 4. The van der Waals surface area contributed by atoms with E-state index in [1.807, 2.05) is 36.5 Å². The summed E-state index contributed by atoms with van der Waals surface area (Å²) in [6.07, 6.45) is 3.20. The van der Waals surface area contributed by atoms with E-state index in [2.05, 4.69) is 15.6 Å². The molecule has 154 valence electrons. The summed E-state index contributed by atoms with van der Waals surface area (Å²) < 4.78 is 0. The number of aryl methyl sites for hydroxylation is 1. The van der Waals surface area contributed by atoms with E-state index in [1.165, 1.54) is 0 Å². The summed E-state index contributed by atoms with van der Waals surface area (Å²) in [5.41, 5.74) is 2.88. The molecule has 1 atom stereocenters. The van der Waals surface area contributed by atoms with E-state index in [0.717, 1.165) is 22.0 Å². The molecular formula is C23H24N4O3. The molecule has 0 fully saturated rings. The first kappa shape index (κ1) is 20.9. The predicted molar refractivity (Wildman–Crippen MR) is 114 cm³/mol. The molecule has 1 heterocycles. The number of nitrogens with one attached hydrogen (secondary N) is 3. The smallest absolute Gasteiger partial charge is 0.242 e. The van der Waals surface area contributed by atoms with Gasteiger partial charge in [-0.1, -0.05) is 30.3 Å². The van der Waals surface area contributed by atoms with Crippen molar-refractivity contribution in [3.8, 4) is 11.8 Å². The molecule has 3 rings (SSSR count). The number of H-pyrrole nitrogens is 1. The van der Waals surface area contributed by atoms with E-state index in [4.69, 9.17) is 5.26 Å². The molecule has 0 aliphatic carbocycles. The van der Waals surface area contributed by atoms with Gasteiger partial charge in [-0.3, -0.25) is 9.59 Å². The minimum atomic E-state index is -0.760. The van der Waals surface area contributed by atoms with E-state index in [1.54, 1.807) is 24.3 Å². The zero-order chi connectivity index (χ0) is 21.3. The molecule has 0 spiro atoms. The van der Waals surface area contributed by atoms with Gasteiger partial charge in [0.25, 0.3) is 0 Å². The maximum absolute atomic E-state index is 12.6. The van der Waals surface area contributed by atoms with Gasteiger partial charge in [-0.05, 0) is 35.7 Å². The number of phenolic OH excluding ortho intramolecular Hbond substituents is 1. The number of aromatic amines is 1. The highest BCUT2D eigenvalue weighted by molar-refractivity contribution is 5.88. The van der Waals surface area contributed by atoms with Crippen LogP contribution in [0.1, 0.15) is 24.0 Å². The minimum absolute atomic E-state index is 0.136. The largest absolute Gasteiger partial charge is 0.508 e. The Balaban J connectivity index is 1.63. The van der Waals surface area contributed by atoms with Gasteiger partial charge in [0.15, 0.2) is 0 Å². The minimum Gasteiger partial charge on any atom is -0.508 e. The van der Waals surface area contributed by atoms with Crippen LogP contribution in [0.15, 0.2) is 54.7 Å². The molecule has 0 aliphatic heterocycles. The van der Waals surface area contributed by atoms with Gasteiger partial charge in [0, 0.05) is 36.5 Å². The Morgan fingerprint density at radius 2 is 1.90 bits per heavy atom. The number of carbonyl (C=O) groups is 2. The Kier molecular flexibility index (Phi) is 7.06. The van der Waals surface area contributed by atoms with Crippen LogP contribution < -0.4 is 10.6 Å². The molecule has 30 heavy (non-hydrogen) atoms. The summed E-state index contributed by atoms with van der Waals surface area (Å²) >= 11 is 0. The molecule has 2 aromatic carbocycles. The molecule has 4 N–H and O–H groups in total. The molecule has 0 saturated carbocycles. The van der Waals surface area contributed by atoms with Crippen LogP contribution in [0.25, 0.3) is 10.9 Å². The number of amides is 2. The van der Waals surface area contributed by atoms with Crippen LogP contribution >= 0.6 is 0 Å². The van der Waals surface area contributed by atoms with Crippen LogP contribution in [0, 0.1) is 11.3 Å². The average Bonchev–Trinajstić information content (AvgIpc) is 3.16. The lowest BCUT2D eigenvalue weighted by molar-refractivity contribution is -0.128. The van der Waals surface area contributed by atoms with Gasteiger partial charge in [-0.2, -0.15) is 5.26 Å². The number of benzene rings is 2. The second-order valence-corrected chi connectivity index (χ2v) is 7.05. The molecule has 1 unspecified atom stereocenters. The second-order valence-electron chi connectivity index (χ2n) is 7.05. The zero-order valence-electron chi connectivity index (χ0n) is 16.5. The molecule has 1 aromatic heterocycles. The lowest BCUT2D eigenvalue weighted by atomic mass is 10.0. The number of rotatable bonds is 9. The summed E-state index contributed by atoms with van der Waals surface area (Å²) in [4.78, 5) is 28.3. The number of nitrogens with zero attached hydrogens (tertiary/aromatic N) is 1. The molecule has 7 nitrogen and oxygen atoms in total. The Labute approximate surface area is 174 Å². The summed E-state index contributed by atoms with van der Waals surface area (Å²) in [5, 5.41) is 24.7. The van der Waals surface area contributed by atoms with Crippen molar-refractivity contribution in [2.24, 2.45) is 0 Å². The van der Waals surface area contributed by atoms with E-state index >= 15 is 0 Å². The zero-order valence-corrected chi connectivity index (χ0v) is 16.5. The molecule has 0 radical (unpaired) electrons. The lowest BCUT2D eigenvalue weighted by Gasteiger charge is -2.18. The lowest BCUT2D eigenvalue weighted by Crippen LogP contribution is -2.48. The van der Waals surface area contributed by atoms with Crippen molar-refractivity contribution in [2.45, 2.75) is 31.7 Å². The van der Waals surface area contributed by atoms with Crippen molar-refractivity contribution < 1.29 is 14.7 Å².